The molecule has 1 N–H and O–H groups in total. The Hall–Kier alpha value is -2.68. The molecule has 0 amide bonds. The lowest BCUT2D eigenvalue weighted by molar-refractivity contribution is 0.581. The van der Waals surface area contributed by atoms with Crippen LogP contribution in [0.5, 0.6) is 0 Å². The van der Waals surface area contributed by atoms with Gasteiger partial charge in [-0.05, 0) is 24.5 Å². The number of rotatable bonds is 6. The summed E-state index contributed by atoms with van der Waals surface area (Å²) < 4.78 is 31.4. The molecule has 0 atom stereocenters. The molecule has 1 saturated carbocycles. The lowest BCUT2D eigenvalue weighted by Gasteiger charge is -2.12. The highest BCUT2D eigenvalue weighted by atomic mass is 32.2. The Morgan fingerprint density at radius 2 is 2.08 bits per heavy atom. The van der Waals surface area contributed by atoms with Crippen LogP contribution in [0.25, 0.3) is 0 Å². The van der Waals surface area contributed by atoms with Crippen molar-refractivity contribution in [3.63, 3.8) is 0 Å². The number of hydrogen-bond acceptors (Lipinski definition) is 5. The van der Waals surface area contributed by atoms with Gasteiger partial charge < -0.3 is 0 Å². The van der Waals surface area contributed by atoms with Gasteiger partial charge in [0.2, 0.25) is 0 Å². The van der Waals surface area contributed by atoms with Crippen molar-refractivity contribution in [2.45, 2.75) is 30.3 Å². The zero-order valence-corrected chi connectivity index (χ0v) is 14.5. The van der Waals surface area contributed by atoms with Crippen LogP contribution in [0.2, 0.25) is 0 Å². The Kier molecular flexibility index (Phi) is 3.79. The van der Waals surface area contributed by atoms with E-state index in [2.05, 4.69) is 19.9 Å². The first-order valence-corrected chi connectivity index (χ1v) is 9.48. The maximum atomic E-state index is 12.8. The van der Waals surface area contributed by atoms with E-state index < -0.39 is 10.0 Å². The molecule has 1 aliphatic rings. The van der Waals surface area contributed by atoms with Crippen LogP contribution in [0, 0.1) is 0 Å². The predicted octanol–water partition coefficient (Wildman–Crippen LogP) is 1.74. The highest BCUT2D eigenvalue weighted by molar-refractivity contribution is 7.92. The predicted molar refractivity (Wildman–Crippen MR) is 91.6 cm³/mol. The summed E-state index contributed by atoms with van der Waals surface area (Å²) in [4.78, 5) is 3.91. The van der Waals surface area contributed by atoms with Crippen LogP contribution in [0.3, 0.4) is 0 Å². The monoisotopic (exact) mass is 358 g/mol. The molecule has 25 heavy (non-hydrogen) atoms. The lowest BCUT2D eigenvalue weighted by atomic mass is 10.2. The number of para-hydroxylation sites is 1. The zero-order valence-electron chi connectivity index (χ0n) is 13.7. The molecular weight excluding hydrogens is 340 g/mol. The summed E-state index contributed by atoms with van der Waals surface area (Å²) in [6.45, 7) is 0.428. The Bertz CT molecular complexity index is 990. The standard InChI is InChI=1S/C16H18N6O2S/c1-21-16(8-15(19-21)12-6-7-12)25(23,24)20-14-5-3-2-4-13(14)9-22-11-17-10-18-22/h2-5,8,10-12,20H,6-7,9H2,1H3. The van der Waals surface area contributed by atoms with E-state index in [0.29, 0.717) is 18.2 Å². The molecule has 0 saturated heterocycles. The fourth-order valence-corrected chi connectivity index (χ4v) is 4.00. The number of benzene rings is 1. The molecule has 0 spiro atoms. The van der Waals surface area contributed by atoms with Gasteiger partial charge in [-0.25, -0.2) is 9.67 Å². The Morgan fingerprint density at radius 1 is 1.28 bits per heavy atom. The van der Waals surface area contributed by atoms with Gasteiger partial charge in [0, 0.05) is 19.0 Å². The normalized spacial score (nSPS) is 14.6. The minimum atomic E-state index is -3.73. The summed E-state index contributed by atoms with van der Waals surface area (Å²) in [6, 6.07) is 8.92. The quantitative estimate of drug-likeness (QED) is 0.724. The fraction of sp³-hybridized carbons (Fsp3) is 0.312. The van der Waals surface area contributed by atoms with Gasteiger partial charge in [0.15, 0.2) is 5.03 Å². The van der Waals surface area contributed by atoms with Crippen molar-refractivity contribution in [3.05, 3.63) is 54.2 Å². The first kappa shape index (κ1) is 15.8. The van der Waals surface area contributed by atoms with Crippen LogP contribution in [0.4, 0.5) is 5.69 Å². The van der Waals surface area contributed by atoms with Crippen LogP contribution in [0.1, 0.15) is 30.0 Å². The van der Waals surface area contributed by atoms with Crippen LogP contribution >= 0.6 is 0 Å². The SMILES string of the molecule is Cn1nc(C2CC2)cc1S(=O)(=O)Nc1ccccc1Cn1cncn1. The third-order valence-corrected chi connectivity index (χ3v) is 5.61. The van der Waals surface area contributed by atoms with E-state index in [0.717, 1.165) is 24.1 Å². The second-order valence-electron chi connectivity index (χ2n) is 6.16. The number of nitrogens with one attached hydrogen (secondary N) is 1. The Morgan fingerprint density at radius 3 is 2.80 bits per heavy atom. The molecule has 4 rings (SSSR count). The van der Waals surface area contributed by atoms with Gasteiger partial charge in [-0.2, -0.15) is 18.6 Å². The van der Waals surface area contributed by atoms with Crippen molar-refractivity contribution in [1.82, 2.24) is 24.5 Å². The molecule has 8 nitrogen and oxygen atoms in total. The molecule has 1 aromatic carbocycles. The third-order valence-electron chi connectivity index (χ3n) is 4.19. The third kappa shape index (κ3) is 3.27. The maximum Gasteiger partial charge on any atom is 0.279 e. The van der Waals surface area contributed by atoms with Crippen molar-refractivity contribution >= 4 is 15.7 Å². The first-order chi connectivity index (χ1) is 12.0. The van der Waals surface area contributed by atoms with Crippen molar-refractivity contribution in [3.8, 4) is 0 Å². The Labute approximate surface area is 145 Å². The van der Waals surface area contributed by atoms with Gasteiger partial charge in [0.1, 0.15) is 12.7 Å². The molecule has 0 unspecified atom stereocenters. The first-order valence-electron chi connectivity index (χ1n) is 8.00. The topological polar surface area (TPSA) is 94.7 Å². The Balaban J connectivity index is 1.63. The van der Waals surface area contributed by atoms with E-state index in [1.807, 2.05) is 12.1 Å². The van der Waals surface area contributed by atoms with Gasteiger partial charge in [-0.15, -0.1) is 0 Å². The van der Waals surface area contributed by atoms with E-state index in [-0.39, 0.29) is 5.03 Å². The summed E-state index contributed by atoms with van der Waals surface area (Å²) in [5.41, 5.74) is 2.17. The smallest absolute Gasteiger partial charge is 0.278 e. The molecule has 0 radical (unpaired) electrons. The number of anilines is 1. The summed E-state index contributed by atoms with van der Waals surface area (Å²) in [7, 11) is -2.07. The second kappa shape index (κ2) is 5.99. The van der Waals surface area contributed by atoms with E-state index >= 15 is 0 Å². The second-order valence-corrected chi connectivity index (χ2v) is 7.79. The van der Waals surface area contributed by atoms with E-state index in [9.17, 15) is 8.42 Å². The van der Waals surface area contributed by atoms with E-state index in [1.165, 1.54) is 11.0 Å². The number of nitrogens with zero attached hydrogens (tertiary/aromatic N) is 5. The van der Waals surface area contributed by atoms with Gasteiger partial charge >= 0.3 is 0 Å². The molecule has 2 aromatic heterocycles. The fourth-order valence-electron chi connectivity index (χ4n) is 2.75. The van der Waals surface area contributed by atoms with Crippen LogP contribution in [-0.4, -0.2) is 33.0 Å². The number of sulfonamides is 1. The molecule has 0 bridgehead atoms. The maximum absolute atomic E-state index is 12.8. The van der Waals surface area contributed by atoms with Crippen LogP contribution in [-0.2, 0) is 23.6 Å². The number of aryl methyl sites for hydroxylation is 1. The van der Waals surface area contributed by atoms with E-state index in [1.54, 1.807) is 36.3 Å². The minimum absolute atomic E-state index is 0.171. The summed E-state index contributed by atoms with van der Waals surface area (Å²) in [5, 5.41) is 8.58. The van der Waals surface area contributed by atoms with Gasteiger partial charge in [0.25, 0.3) is 10.0 Å². The molecule has 9 heteroatoms. The summed E-state index contributed by atoms with van der Waals surface area (Å²) in [5.74, 6) is 0.398. The highest BCUT2D eigenvalue weighted by Gasteiger charge is 2.30. The molecule has 0 aliphatic heterocycles. The number of aromatic nitrogens is 5. The van der Waals surface area contributed by atoms with Crippen LogP contribution in [0.15, 0.2) is 48.0 Å². The molecule has 3 aromatic rings. The van der Waals surface area contributed by atoms with Crippen molar-refractivity contribution in [2.24, 2.45) is 7.05 Å². The minimum Gasteiger partial charge on any atom is -0.278 e. The van der Waals surface area contributed by atoms with Gasteiger partial charge in [0.05, 0.1) is 17.9 Å². The van der Waals surface area contributed by atoms with Gasteiger partial charge in [-0.3, -0.25) is 9.40 Å². The number of hydrogen-bond donors (Lipinski definition) is 1. The zero-order chi connectivity index (χ0) is 17.4. The summed E-state index contributed by atoms with van der Waals surface area (Å²) in [6.07, 6.45) is 5.19. The lowest BCUT2D eigenvalue weighted by Crippen LogP contribution is -2.18. The average Bonchev–Trinajstić information content (AvgIpc) is 3.15. The van der Waals surface area contributed by atoms with Crippen molar-refractivity contribution in [2.75, 3.05) is 4.72 Å². The molecule has 1 fully saturated rings. The highest BCUT2D eigenvalue weighted by Crippen LogP contribution is 2.39. The largest absolute Gasteiger partial charge is 0.279 e. The molecule has 1 aliphatic carbocycles. The molecular formula is C16H18N6O2S. The molecule has 130 valence electrons. The van der Waals surface area contributed by atoms with Crippen molar-refractivity contribution < 1.29 is 8.42 Å². The average molecular weight is 358 g/mol. The molecule has 2 heterocycles. The van der Waals surface area contributed by atoms with Gasteiger partial charge in [-0.1, -0.05) is 18.2 Å². The van der Waals surface area contributed by atoms with Crippen LogP contribution < -0.4 is 4.72 Å². The van der Waals surface area contributed by atoms with E-state index in [4.69, 9.17) is 0 Å². The summed E-state index contributed by atoms with van der Waals surface area (Å²) >= 11 is 0. The van der Waals surface area contributed by atoms with Crippen molar-refractivity contribution in [1.29, 1.82) is 0 Å².